The molecular formula is C9H10N2O2. The van der Waals surface area contributed by atoms with Gasteiger partial charge in [0.1, 0.15) is 11.3 Å². The van der Waals surface area contributed by atoms with Crippen molar-refractivity contribution < 1.29 is 9.32 Å². The molecule has 0 saturated heterocycles. The summed E-state index contributed by atoms with van der Waals surface area (Å²) in [5, 5.41) is 3.57. The molecule has 68 valence electrons. The van der Waals surface area contributed by atoms with Gasteiger partial charge in [-0.1, -0.05) is 11.2 Å². The van der Waals surface area contributed by atoms with Crippen molar-refractivity contribution in [2.75, 3.05) is 6.54 Å². The van der Waals surface area contributed by atoms with E-state index in [9.17, 15) is 4.79 Å². The van der Waals surface area contributed by atoms with E-state index in [1.165, 1.54) is 6.20 Å². The smallest absolute Gasteiger partial charge is 0.263 e. The van der Waals surface area contributed by atoms with Crippen LogP contribution >= 0.6 is 0 Å². The monoisotopic (exact) mass is 178 g/mol. The van der Waals surface area contributed by atoms with Crippen molar-refractivity contribution in [3.05, 3.63) is 29.8 Å². The highest BCUT2D eigenvalue weighted by molar-refractivity contribution is 5.95. The predicted octanol–water partition coefficient (Wildman–Crippen LogP) is 1.34. The van der Waals surface area contributed by atoms with Gasteiger partial charge in [-0.3, -0.25) is 4.79 Å². The van der Waals surface area contributed by atoms with Gasteiger partial charge in [0, 0.05) is 12.7 Å². The van der Waals surface area contributed by atoms with Crippen LogP contribution in [0.25, 0.3) is 0 Å². The normalized spacial score (nSPS) is 15.3. The Kier molecular flexibility index (Phi) is 1.88. The van der Waals surface area contributed by atoms with Crippen LogP contribution in [-0.2, 0) is 0 Å². The Labute approximate surface area is 75.8 Å². The molecule has 4 heteroatoms. The molecule has 1 aromatic rings. The summed E-state index contributed by atoms with van der Waals surface area (Å²) < 4.78 is 4.82. The minimum absolute atomic E-state index is 0.0347. The summed E-state index contributed by atoms with van der Waals surface area (Å²) in [6.07, 6.45) is 6.16. The first-order valence-electron chi connectivity index (χ1n) is 4.18. The molecule has 0 radical (unpaired) electrons. The van der Waals surface area contributed by atoms with E-state index in [0.717, 1.165) is 13.0 Å². The van der Waals surface area contributed by atoms with Crippen LogP contribution in [-0.4, -0.2) is 22.5 Å². The zero-order valence-corrected chi connectivity index (χ0v) is 7.36. The molecule has 4 nitrogen and oxygen atoms in total. The number of hydrogen-bond donors (Lipinski definition) is 0. The van der Waals surface area contributed by atoms with E-state index in [1.54, 1.807) is 18.0 Å². The zero-order valence-electron chi connectivity index (χ0n) is 7.36. The summed E-state index contributed by atoms with van der Waals surface area (Å²) >= 11 is 0. The number of hydrogen-bond acceptors (Lipinski definition) is 3. The molecular weight excluding hydrogens is 168 g/mol. The van der Waals surface area contributed by atoms with Crippen molar-refractivity contribution in [3.8, 4) is 0 Å². The van der Waals surface area contributed by atoms with Crippen molar-refractivity contribution in [3.63, 3.8) is 0 Å². The highest BCUT2D eigenvalue weighted by atomic mass is 16.5. The summed E-state index contributed by atoms with van der Waals surface area (Å²) in [6.45, 7) is 2.49. The quantitative estimate of drug-likeness (QED) is 0.652. The average Bonchev–Trinajstić information content (AvgIpc) is 2.72. The predicted molar refractivity (Wildman–Crippen MR) is 46.0 cm³/mol. The molecule has 0 atom stereocenters. The third-order valence-electron chi connectivity index (χ3n) is 2.06. The lowest BCUT2D eigenvalue weighted by atomic mass is 10.2. The zero-order chi connectivity index (χ0) is 9.26. The van der Waals surface area contributed by atoms with E-state index in [1.807, 2.05) is 6.08 Å². The molecule has 1 aliphatic rings. The Balaban J connectivity index is 2.22. The van der Waals surface area contributed by atoms with Gasteiger partial charge in [-0.25, -0.2) is 0 Å². The molecule has 0 aliphatic carbocycles. The van der Waals surface area contributed by atoms with Crippen molar-refractivity contribution >= 4 is 5.91 Å². The van der Waals surface area contributed by atoms with Gasteiger partial charge in [0.2, 0.25) is 0 Å². The number of carbonyl (C=O) groups excluding carboxylic acids is 1. The molecule has 1 amide bonds. The van der Waals surface area contributed by atoms with Gasteiger partial charge in [-0.15, -0.1) is 0 Å². The van der Waals surface area contributed by atoms with E-state index in [2.05, 4.69) is 5.16 Å². The second-order valence-corrected chi connectivity index (χ2v) is 2.97. The average molecular weight is 178 g/mol. The fraction of sp³-hybridized carbons (Fsp3) is 0.333. The minimum atomic E-state index is -0.0347. The molecule has 1 aromatic heterocycles. The number of aryl methyl sites for hydroxylation is 1. The maximum absolute atomic E-state index is 11.7. The molecule has 0 fully saturated rings. The van der Waals surface area contributed by atoms with Gasteiger partial charge in [0.25, 0.3) is 5.91 Å². The number of rotatable bonds is 1. The number of carbonyl (C=O) groups is 1. The fourth-order valence-corrected chi connectivity index (χ4v) is 1.32. The van der Waals surface area contributed by atoms with Crippen LogP contribution in [0.3, 0.4) is 0 Å². The largest absolute Gasteiger partial charge is 0.361 e. The van der Waals surface area contributed by atoms with Crippen LogP contribution in [0.2, 0.25) is 0 Å². The van der Waals surface area contributed by atoms with Crippen LogP contribution in [0.4, 0.5) is 0 Å². The van der Waals surface area contributed by atoms with E-state index in [0.29, 0.717) is 11.3 Å². The van der Waals surface area contributed by atoms with E-state index < -0.39 is 0 Å². The van der Waals surface area contributed by atoms with Gasteiger partial charge in [0.05, 0.1) is 6.20 Å². The fourth-order valence-electron chi connectivity index (χ4n) is 1.32. The Hall–Kier alpha value is -1.58. The maximum atomic E-state index is 11.7. The summed E-state index contributed by atoms with van der Waals surface area (Å²) in [5.41, 5.74) is 0.548. The molecule has 1 aliphatic heterocycles. The Morgan fingerprint density at radius 3 is 3.08 bits per heavy atom. The van der Waals surface area contributed by atoms with Crippen molar-refractivity contribution in [1.29, 1.82) is 0 Å². The van der Waals surface area contributed by atoms with Crippen LogP contribution in [0.15, 0.2) is 23.0 Å². The van der Waals surface area contributed by atoms with Gasteiger partial charge >= 0.3 is 0 Å². The SMILES string of the molecule is Cc1oncc1C(=O)N1C=CCC1. The molecule has 0 aromatic carbocycles. The van der Waals surface area contributed by atoms with Crippen molar-refractivity contribution in [1.82, 2.24) is 10.1 Å². The van der Waals surface area contributed by atoms with Crippen LogP contribution < -0.4 is 0 Å². The second-order valence-electron chi connectivity index (χ2n) is 2.97. The standard InChI is InChI=1S/C9H10N2O2/c1-7-8(6-10-13-7)9(12)11-4-2-3-5-11/h2,4,6H,3,5H2,1H3. The molecule has 0 unspecified atom stereocenters. The lowest BCUT2D eigenvalue weighted by Gasteiger charge is -2.11. The molecule has 13 heavy (non-hydrogen) atoms. The Bertz CT molecular complexity index is 354. The summed E-state index contributed by atoms with van der Waals surface area (Å²) in [4.78, 5) is 13.4. The van der Waals surface area contributed by atoms with E-state index >= 15 is 0 Å². The molecule has 0 bridgehead atoms. The van der Waals surface area contributed by atoms with Crippen molar-refractivity contribution in [2.45, 2.75) is 13.3 Å². The lowest BCUT2D eigenvalue weighted by molar-refractivity contribution is 0.0831. The topological polar surface area (TPSA) is 46.3 Å². The van der Waals surface area contributed by atoms with E-state index in [4.69, 9.17) is 4.52 Å². The first-order valence-corrected chi connectivity index (χ1v) is 4.18. The van der Waals surface area contributed by atoms with Gasteiger partial charge < -0.3 is 9.42 Å². The molecule has 0 spiro atoms. The van der Waals surface area contributed by atoms with Gasteiger partial charge in [-0.2, -0.15) is 0 Å². The number of amides is 1. The summed E-state index contributed by atoms with van der Waals surface area (Å²) in [7, 11) is 0. The lowest BCUT2D eigenvalue weighted by Crippen LogP contribution is -2.23. The van der Waals surface area contributed by atoms with Crippen LogP contribution in [0.1, 0.15) is 22.5 Å². The highest BCUT2D eigenvalue weighted by Gasteiger charge is 2.19. The highest BCUT2D eigenvalue weighted by Crippen LogP contribution is 2.13. The first-order chi connectivity index (χ1) is 6.29. The molecule has 0 saturated carbocycles. The minimum Gasteiger partial charge on any atom is -0.361 e. The second kappa shape index (κ2) is 3.05. The van der Waals surface area contributed by atoms with E-state index in [-0.39, 0.29) is 5.91 Å². The number of aromatic nitrogens is 1. The van der Waals surface area contributed by atoms with Crippen LogP contribution in [0, 0.1) is 6.92 Å². The Morgan fingerprint density at radius 2 is 2.54 bits per heavy atom. The summed E-state index contributed by atoms with van der Waals surface area (Å²) in [6, 6.07) is 0. The third kappa shape index (κ3) is 1.35. The Morgan fingerprint density at radius 1 is 1.69 bits per heavy atom. The molecule has 2 rings (SSSR count). The molecule has 2 heterocycles. The van der Waals surface area contributed by atoms with Gasteiger partial charge in [-0.05, 0) is 13.3 Å². The van der Waals surface area contributed by atoms with Gasteiger partial charge in [0.15, 0.2) is 0 Å². The summed E-state index contributed by atoms with van der Waals surface area (Å²) in [5.74, 6) is 0.540. The molecule has 0 N–H and O–H groups in total. The maximum Gasteiger partial charge on any atom is 0.263 e. The van der Waals surface area contributed by atoms with Crippen molar-refractivity contribution in [2.24, 2.45) is 0 Å². The third-order valence-corrected chi connectivity index (χ3v) is 2.06. The number of nitrogens with zero attached hydrogens (tertiary/aromatic N) is 2. The first kappa shape index (κ1) is 8.04. The van der Waals surface area contributed by atoms with Crippen LogP contribution in [0.5, 0.6) is 0 Å².